The maximum absolute atomic E-state index is 14.3. The molecule has 0 aliphatic carbocycles. The number of benzene rings is 2. The number of aliphatic hydroxyl groups is 1. The van der Waals surface area contributed by atoms with Crippen LogP contribution < -0.4 is 4.74 Å². The van der Waals surface area contributed by atoms with Crippen molar-refractivity contribution in [3.05, 3.63) is 64.8 Å². The Morgan fingerprint density at radius 1 is 1.03 bits per heavy atom. The first-order valence-corrected chi connectivity index (χ1v) is 9.86. The highest BCUT2D eigenvalue weighted by molar-refractivity contribution is 7.19. The van der Waals surface area contributed by atoms with Gasteiger partial charge in [0.15, 0.2) is 5.60 Å². The van der Waals surface area contributed by atoms with Crippen molar-refractivity contribution in [1.82, 2.24) is 0 Å². The lowest BCUT2D eigenvalue weighted by atomic mass is 9.65. The first-order chi connectivity index (χ1) is 13.4. The number of alkyl halides is 3. The van der Waals surface area contributed by atoms with Crippen LogP contribution in [0.1, 0.15) is 31.2 Å². The second-order valence-corrected chi connectivity index (χ2v) is 8.78. The summed E-state index contributed by atoms with van der Waals surface area (Å²) in [6.45, 7) is 4.44. The first-order valence-electron chi connectivity index (χ1n) is 9.05. The van der Waals surface area contributed by atoms with E-state index in [1.54, 1.807) is 38.1 Å². The van der Waals surface area contributed by atoms with Crippen LogP contribution in [-0.2, 0) is 11.0 Å². The number of hydrogen-bond donors (Lipinski definition) is 1. The van der Waals surface area contributed by atoms with Crippen molar-refractivity contribution in [3.8, 4) is 5.75 Å². The topological polar surface area (TPSA) is 29.5 Å². The van der Waals surface area contributed by atoms with Gasteiger partial charge in [0.05, 0.1) is 7.11 Å². The summed E-state index contributed by atoms with van der Waals surface area (Å²) >= 11 is 0.909. The number of hydrogen-bond acceptors (Lipinski definition) is 3. The highest BCUT2D eigenvalue weighted by atomic mass is 32.1. The van der Waals surface area contributed by atoms with Gasteiger partial charge in [0.1, 0.15) is 11.6 Å². The van der Waals surface area contributed by atoms with Gasteiger partial charge in [0.25, 0.3) is 0 Å². The lowest BCUT2D eigenvalue weighted by Gasteiger charge is -2.44. The third-order valence-corrected chi connectivity index (χ3v) is 7.04. The predicted molar refractivity (Wildman–Crippen MR) is 107 cm³/mol. The van der Waals surface area contributed by atoms with Crippen LogP contribution in [0.15, 0.2) is 48.5 Å². The lowest BCUT2D eigenvalue weighted by Crippen LogP contribution is -2.53. The van der Waals surface area contributed by atoms with E-state index in [0.29, 0.717) is 10.1 Å². The van der Waals surface area contributed by atoms with E-state index in [9.17, 15) is 22.7 Å². The zero-order chi connectivity index (χ0) is 21.6. The molecule has 0 aliphatic heterocycles. The van der Waals surface area contributed by atoms with E-state index in [-0.39, 0.29) is 16.2 Å². The van der Waals surface area contributed by atoms with Crippen LogP contribution in [0, 0.1) is 11.7 Å². The monoisotopic (exact) mass is 426 g/mol. The Morgan fingerprint density at radius 2 is 1.69 bits per heavy atom. The largest absolute Gasteiger partial charge is 0.496 e. The summed E-state index contributed by atoms with van der Waals surface area (Å²) in [5, 5.41) is 11.8. The zero-order valence-corrected chi connectivity index (χ0v) is 17.3. The molecule has 2 nitrogen and oxygen atoms in total. The van der Waals surface area contributed by atoms with E-state index >= 15 is 0 Å². The summed E-state index contributed by atoms with van der Waals surface area (Å²) < 4.78 is 62.8. The minimum Gasteiger partial charge on any atom is -0.496 e. The average Bonchev–Trinajstić information content (AvgIpc) is 3.10. The smallest absolute Gasteiger partial charge is 0.422 e. The summed E-state index contributed by atoms with van der Waals surface area (Å²) in [6.07, 6.45) is -4.94. The van der Waals surface area contributed by atoms with Gasteiger partial charge in [0.2, 0.25) is 0 Å². The zero-order valence-electron chi connectivity index (χ0n) is 16.5. The minimum atomic E-state index is -4.94. The van der Waals surface area contributed by atoms with Crippen LogP contribution >= 0.6 is 11.3 Å². The Labute approximate surface area is 170 Å². The summed E-state index contributed by atoms with van der Waals surface area (Å²) in [7, 11) is 1.37. The summed E-state index contributed by atoms with van der Waals surface area (Å²) in [5.74, 6) is -1.67. The van der Waals surface area contributed by atoms with Crippen molar-refractivity contribution in [2.75, 3.05) is 7.11 Å². The molecule has 1 N–H and O–H groups in total. The molecule has 3 rings (SSSR count). The van der Waals surface area contributed by atoms with Crippen molar-refractivity contribution in [2.24, 2.45) is 5.92 Å². The Bertz CT molecular complexity index is 992. The van der Waals surface area contributed by atoms with E-state index < -0.39 is 28.9 Å². The van der Waals surface area contributed by atoms with E-state index in [1.807, 2.05) is 0 Å². The van der Waals surface area contributed by atoms with E-state index in [4.69, 9.17) is 4.74 Å². The van der Waals surface area contributed by atoms with Crippen LogP contribution in [-0.4, -0.2) is 18.4 Å². The molecule has 7 heteroatoms. The lowest BCUT2D eigenvalue weighted by molar-refractivity contribution is -0.290. The van der Waals surface area contributed by atoms with Crippen LogP contribution in [0.3, 0.4) is 0 Å². The van der Waals surface area contributed by atoms with Gasteiger partial charge in [0, 0.05) is 21.1 Å². The highest BCUT2D eigenvalue weighted by Crippen LogP contribution is 2.54. The van der Waals surface area contributed by atoms with Crippen LogP contribution in [0.25, 0.3) is 10.1 Å². The SMILES string of the molecule is COc1ccc(F)cc1C(C)(C)C(C)C(O)(c1cc2ccccc2s1)C(F)(F)F. The Morgan fingerprint density at radius 3 is 2.28 bits per heavy atom. The number of rotatable bonds is 5. The van der Waals surface area contributed by atoms with Gasteiger partial charge >= 0.3 is 6.18 Å². The second-order valence-electron chi connectivity index (χ2n) is 7.70. The summed E-state index contributed by atoms with van der Waals surface area (Å²) in [5.41, 5.74) is -4.14. The van der Waals surface area contributed by atoms with E-state index in [2.05, 4.69) is 0 Å². The van der Waals surface area contributed by atoms with Gasteiger partial charge in [-0.25, -0.2) is 4.39 Å². The minimum absolute atomic E-state index is 0.192. The van der Waals surface area contributed by atoms with E-state index in [0.717, 1.165) is 17.4 Å². The van der Waals surface area contributed by atoms with Gasteiger partial charge < -0.3 is 9.84 Å². The number of thiophene rings is 1. The average molecular weight is 426 g/mol. The first kappa shape index (κ1) is 21.6. The van der Waals surface area contributed by atoms with Crippen LogP contribution in [0.5, 0.6) is 5.75 Å². The van der Waals surface area contributed by atoms with Crippen molar-refractivity contribution in [3.63, 3.8) is 0 Å². The molecule has 2 unspecified atom stereocenters. The molecule has 0 radical (unpaired) electrons. The maximum atomic E-state index is 14.3. The molecular formula is C22H22F4O2S. The van der Waals surface area contributed by atoms with Gasteiger partial charge in [-0.1, -0.05) is 39.0 Å². The fourth-order valence-electron chi connectivity index (χ4n) is 3.71. The number of halogens is 4. The fourth-order valence-corrected chi connectivity index (χ4v) is 4.97. The third-order valence-electron chi connectivity index (χ3n) is 5.80. The molecule has 1 heterocycles. The van der Waals surface area contributed by atoms with Gasteiger partial charge in [-0.2, -0.15) is 13.2 Å². The number of fused-ring (bicyclic) bond motifs is 1. The Balaban J connectivity index is 2.20. The van der Waals surface area contributed by atoms with Gasteiger partial charge in [-0.15, -0.1) is 11.3 Å². The van der Waals surface area contributed by atoms with Gasteiger partial charge in [-0.05, 0) is 41.1 Å². The van der Waals surface area contributed by atoms with Crippen molar-refractivity contribution in [2.45, 2.75) is 38.0 Å². The molecule has 0 bridgehead atoms. The number of ether oxygens (including phenoxy) is 1. The molecule has 29 heavy (non-hydrogen) atoms. The molecule has 1 aromatic heterocycles. The molecule has 0 saturated carbocycles. The molecule has 2 aromatic carbocycles. The van der Waals surface area contributed by atoms with E-state index in [1.165, 1.54) is 32.2 Å². The molecule has 0 spiro atoms. The van der Waals surface area contributed by atoms with Gasteiger partial charge in [-0.3, -0.25) is 0 Å². The Hall–Kier alpha value is -2.12. The molecule has 0 amide bonds. The van der Waals surface area contributed by atoms with Crippen LogP contribution in [0.2, 0.25) is 0 Å². The normalized spacial score (nSPS) is 15.9. The summed E-state index contributed by atoms with van der Waals surface area (Å²) in [6, 6.07) is 12.0. The molecular weight excluding hydrogens is 404 g/mol. The quantitative estimate of drug-likeness (QED) is 0.478. The molecule has 2 atom stereocenters. The second kappa shape index (κ2) is 7.29. The molecule has 3 aromatic rings. The third kappa shape index (κ3) is 3.51. The highest BCUT2D eigenvalue weighted by Gasteiger charge is 2.62. The number of methoxy groups -OCH3 is 1. The molecule has 156 valence electrons. The predicted octanol–water partition coefficient (Wildman–Crippen LogP) is 6.41. The van der Waals surface area contributed by atoms with Crippen molar-refractivity contribution >= 4 is 21.4 Å². The van der Waals surface area contributed by atoms with Crippen molar-refractivity contribution < 1.29 is 27.4 Å². The summed E-state index contributed by atoms with van der Waals surface area (Å²) in [4.78, 5) is -0.192. The molecule has 0 aliphatic rings. The van der Waals surface area contributed by atoms with Crippen molar-refractivity contribution in [1.29, 1.82) is 0 Å². The Kier molecular flexibility index (Phi) is 5.43. The standard InChI is InChI=1S/C22H22F4O2S/c1-13(20(2,3)16-12-15(23)9-10-17(16)28-4)21(27,22(24,25)26)19-11-14-7-5-6-8-18(14)29-19/h5-13,27H,1-4H3. The molecule has 0 saturated heterocycles. The van der Waals surface area contributed by atoms with Crippen LogP contribution in [0.4, 0.5) is 17.6 Å². The maximum Gasteiger partial charge on any atom is 0.422 e. The fraction of sp³-hybridized carbons (Fsp3) is 0.364. The molecule has 0 fully saturated rings.